The Hall–Kier alpha value is -3.95. The number of fused-ring (bicyclic) bond motifs is 1. The summed E-state index contributed by atoms with van der Waals surface area (Å²) in [6.07, 6.45) is -1.48. The normalized spacial score (nSPS) is 11.5. The topological polar surface area (TPSA) is 79.1 Å². The molecule has 0 spiro atoms. The van der Waals surface area contributed by atoms with Gasteiger partial charge in [0.15, 0.2) is 5.78 Å². The SMILES string of the molecule is COc1cc(-n2cnc3cc(-c4ccnnc4)ccc32)cc(OC)c1C(=O)CCC(F)(F)F. The number of ketones is 1. The third-order valence-electron chi connectivity index (χ3n) is 5.15. The number of aromatic nitrogens is 4. The first kappa shape index (κ1) is 22.3. The molecule has 0 aliphatic heterocycles. The van der Waals surface area contributed by atoms with Crippen molar-refractivity contribution in [2.24, 2.45) is 0 Å². The fourth-order valence-electron chi connectivity index (χ4n) is 3.55. The lowest BCUT2D eigenvalue weighted by molar-refractivity contribution is -0.133. The molecular weight excluding hydrogens is 437 g/mol. The molecule has 0 fully saturated rings. The average Bonchev–Trinajstić information content (AvgIpc) is 3.25. The Morgan fingerprint density at radius 3 is 2.33 bits per heavy atom. The lowest BCUT2D eigenvalue weighted by atomic mass is 10.0. The largest absolute Gasteiger partial charge is 0.496 e. The molecule has 170 valence electrons. The van der Waals surface area contributed by atoms with Crippen molar-refractivity contribution in [3.8, 4) is 28.3 Å². The smallest absolute Gasteiger partial charge is 0.389 e. The summed E-state index contributed by atoms with van der Waals surface area (Å²) in [7, 11) is 2.69. The molecule has 0 saturated carbocycles. The van der Waals surface area contributed by atoms with Crippen molar-refractivity contribution < 1.29 is 27.4 Å². The summed E-state index contributed by atoms with van der Waals surface area (Å²) >= 11 is 0. The number of imidazole rings is 1. The molecule has 0 aliphatic rings. The maximum atomic E-state index is 12.6. The minimum Gasteiger partial charge on any atom is -0.496 e. The number of ether oxygens (including phenoxy) is 2. The molecule has 0 saturated heterocycles. The number of Topliss-reactive ketones (excluding diaryl/α,β-unsaturated/α-hetero) is 1. The maximum absolute atomic E-state index is 12.6. The van der Waals surface area contributed by atoms with E-state index in [2.05, 4.69) is 15.2 Å². The summed E-state index contributed by atoms with van der Waals surface area (Å²) in [4.78, 5) is 17.0. The van der Waals surface area contributed by atoms with Crippen molar-refractivity contribution in [1.82, 2.24) is 19.7 Å². The van der Waals surface area contributed by atoms with E-state index < -0.39 is 24.8 Å². The fraction of sp³-hybridized carbons (Fsp3) is 0.217. The molecule has 0 bridgehead atoms. The Bertz CT molecular complexity index is 1280. The van der Waals surface area contributed by atoms with Crippen LogP contribution in [0.5, 0.6) is 11.5 Å². The summed E-state index contributed by atoms with van der Waals surface area (Å²) in [5.41, 5.74) is 3.87. The van der Waals surface area contributed by atoms with Crippen LogP contribution in [0.1, 0.15) is 23.2 Å². The molecule has 0 atom stereocenters. The summed E-state index contributed by atoms with van der Waals surface area (Å²) < 4.78 is 50.3. The second kappa shape index (κ2) is 8.89. The van der Waals surface area contributed by atoms with Gasteiger partial charge in [-0.2, -0.15) is 23.4 Å². The van der Waals surface area contributed by atoms with Crippen molar-refractivity contribution in [1.29, 1.82) is 0 Å². The number of alkyl halides is 3. The van der Waals surface area contributed by atoms with Gasteiger partial charge in [0, 0.05) is 24.1 Å². The van der Waals surface area contributed by atoms with Gasteiger partial charge in [0.2, 0.25) is 0 Å². The third-order valence-corrected chi connectivity index (χ3v) is 5.15. The first-order valence-electron chi connectivity index (χ1n) is 9.91. The van der Waals surface area contributed by atoms with Crippen LogP contribution < -0.4 is 9.47 Å². The van der Waals surface area contributed by atoms with E-state index in [1.807, 2.05) is 24.3 Å². The standard InChI is InChI=1S/C23H19F3N4O3/c1-32-20-10-16(11-21(33-2)22(20)19(31)5-7-23(24,25)26)30-13-27-17-9-14(3-4-18(17)30)15-6-8-28-29-12-15/h3-4,6,8-13H,5,7H2,1-2H3. The minimum absolute atomic E-state index is 0.0232. The first-order chi connectivity index (χ1) is 15.8. The maximum Gasteiger partial charge on any atom is 0.389 e. The number of hydrogen-bond donors (Lipinski definition) is 0. The van der Waals surface area contributed by atoms with E-state index in [0.717, 1.165) is 16.6 Å². The fourth-order valence-corrected chi connectivity index (χ4v) is 3.55. The van der Waals surface area contributed by atoms with Crippen LogP contribution in [0, 0.1) is 0 Å². The van der Waals surface area contributed by atoms with Gasteiger partial charge >= 0.3 is 6.18 Å². The molecule has 33 heavy (non-hydrogen) atoms. The molecule has 0 N–H and O–H groups in total. The van der Waals surface area contributed by atoms with Crippen LogP contribution >= 0.6 is 0 Å². The Morgan fingerprint density at radius 1 is 1.00 bits per heavy atom. The Morgan fingerprint density at radius 2 is 1.73 bits per heavy atom. The highest BCUT2D eigenvalue weighted by Gasteiger charge is 2.30. The molecule has 4 aromatic rings. The molecule has 0 radical (unpaired) electrons. The zero-order valence-corrected chi connectivity index (χ0v) is 17.8. The van der Waals surface area contributed by atoms with Crippen LogP contribution in [0.4, 0.5) is 13.2 Å². The van der Waals surface area contributed by atoms with Gasteiger partial charge in [-0.05, 0) is 23.8 Å². The second-order valence-corrected chi connectivity index (χ2v) is 7.21. The summed E-state index contributed by atoms with van der Waals surface area (Å²) in [6.45, 7) is 0. The lowest BCUT2D eigenvalue weighted by Crippen LogP contribution is -2.13. The van der Waals surface area contributed by atoms with E-state index >= 15 is 0 Å². The van der Waals surface area contributed by atoms with E-state index in [4.69, 9.17) is 9.47 Å². The predicted molar refractivity (Wildman–Crippen MR) is 115 cm³/mol. The number of halogens is 3. The molecule has 2 aromatic heterocycles. The van der Waals surface area contributed by atoms with Crippen molar-refractivity contribution >= 4 is 16.8 Å². The third kappa shape index (κ3) is 4.64. The highest BCUT2D eigenvalue weighted by molar-refractivity contribution is 6.02. The Labute approximate surface area is 186 Å². The van der Waals surface area contributed by atoms with Crippen molar-refractivity contribution in [2.75, 3.05) is 14.2 Å². The zero-order valence-electron chi connectivity index (χ0n) is 17.8. The number of nitrogens with zero attached hydrogens (tertiary/aromatic N) is 4. The van der Waals surface area contributed by atoms with E-state index in [0.29, 0.717) is 11.2 Å². The second-order valence-electron chi connectivity index (χ2n) is 7.21. The van der Waals surface area contributed by atoms with Crippen molar-refractivity contribution in [2.45, 2.75) is 19.0 Å². The highest BCUT2D eigenvalue weighted by Crippen LogP contribution is 2.36. The molecule has 0 amide bonds. The number of carbonyl (C=O) groups is 1. The number of methoxy groups -OCH3 is 2. The van der Waals surface area contributed by atoms with Crippen molar-refractivity contribution in [3.63, 3.8) is 0 Å². The minimum atomic E-state index is -4.43. The van der Waals surface area contributed by atoms with Crippen LogP contribution in [-0.2, 0) is 0 Å². The average molecular weight is 456 g/mol. The van der Waals surface area contributed by atoms with Gasteiger partial charge in [0.05, 0.1) is 49.8 Å². The van der Waals surface area contributed by atoms with E-state index in [-0.39, 0.29) is 17.1 Å². The number of rotatable bonds is 7. The van der Waals surface area contributed by atoms with Crippen LogP contribution in [0.25, 0.3) is 27.8 Å². The highest BCUT2D eigenvalue weighted by atomic mass is 19.4. The molecule has 7 nitrogen and oxygen atoms in total. The molecule has 10 heteroatoms. The molecule has 0 unspecified atom stereocenters. The summed E-state index contributed by atoms with van der Waals surface area (Å²) in [5.74, 6) is -0.464. The molecule has 2 heterocycles. The lowest BCUT2D eigenvalue weighted by Gasteiger charge is -2.16. The van der Waals surface area contributed by atoms with E-state index in [1.165, 1.54) is 14.2 Å². The predicted octanol–water partition coefficient (Wildman–Crippen LogP) is 5.02. The van der Waals surface area contributed by atoms with E-state index in [9.17, 15) is 18.0 Å². The number of carbonyl (C=O) groups excluding carboxylic acids is 1. The Kier molecular flexibility index (Phi) is 5.99. The summed E-state index contributed by atoms with van der Waals surface area (Å²) in [6, 6.07) is 10.7. The zero-order chi connectivity index (χ0) is 23.6. The van der Waals surface area contributed by atoms with Gasteiger partial charge < -0.3 is 9.47 Å². The van der Waals surface area contributed by atoms with Crippen LogP contribution in [-0.4, -0.2) is 45.9 Å². The molecule has 2 aromatic carbocycles. The molecule has 4 rings (SSSR count). The molecular formula is C23H19F3N4O3. The van der Waals surface area contributed by atoms with Gasteiger partial charge in [-0.15, -0.1) is 0 Å². The van der Waals surface area contributed by atoms with Crippen LogP contribution in [0.3, 0.4) is 0 Å². The van der Waals surface area contributed by atoms with Crippen LogP contribution in [0.2, 0.25) is 0 Å². The monoisotopic (exact) mass is 456 g/mol. The van der Waals surface area contributed by atoms with E-state index in [1.54, 1.807) is 35.4 Å². The van der Waals surface area contributed by atoms with Gasteiger partial charge in [0.1, 0.15) is 23.4 Å². The number of benzene rings is 2. The first-order valence-corrected chi connectivity index (χ1v) is 9.91. The molecule has 0 aliphatic carbocycles. The van der Waals surface area contributed by atoms with Gasteiger partial charge in [-0.25, -0.2) is 4.98 Å². The van der Waals surface area contributed by atoms with Gasteiger partial charge in [-0.1, -0.05) is 6.07 Å². The van der Waals surface area contributed by atoms with Crippen LogP contribution in [0.15, 0.2) is 55.1 Å². The van der Waals surface area contributed by atoms with Gasteiger partial charge in [-0.3, -0.25) is 9.36 Å². The summed E-state index contributed by atoms with van der Waals surface area (Å²) in [5, 5.41) is 7.67. The quantitative estimate of drug-likeness (QED) is 0.363. The Balaban J connectivity index is 1.74. The number of hydrogen-bond acceptors (Lipinski definition) is 6. The van der Waals surface area contributed by atoms with Crippen molar-refractivity contribution in [3.05, 3.63) is 60.7 Å². The van der Waals surface area contributed by atoms with Gasteiger partial charge in [0.25, 0.3) is 0 Å².